The van der Waals surface area contributed by atoms with E-state index in [4.69, 9.17) is 4.74 Å². The fraction of sp³-hybridized carbons (Fsp3) is 0.458. The Kier molecular flexibility index (Phi) is 8.27. The van der Waals surface area contributed by atoms with Gasteiger partial charge in [-0.25, -0.2) is 13.2 Å². The van der Waals surface area contributed by atoms with E-state index in [0.29, 0.717) is 0 Å². The van der Waals surface area contributed by atoms with Crippen LogP contribution in [0.25, 0.3) is 0 Å². The van der Waals surface area contributed by atoms with Gasteiger partial charge in [-0.05, 0) is 42.3 Å². The number of hydrogen-bond acceptors (Lipinski definition) is 7. The highest BCUT2D eigenvalue weighted by molar-refractivity contribution is 7.91. The molecule has 1 aromatic heterocycles. The van der Waals surface area contributed by atoms with Gasteiger partial charge >= 0.3 is 12.1 Å². The minimum Gasteiger partial charge on any atom is -0.481 e. The molecule has 2 fully saturated rings. The molecule has 2 unspecified atom stereocenters. The molecule has 1 saturated carbocycles. The Bertz CT molecular complexity index is 1170. The van der Waals surface area contributed by atoms with Crippen LogP contribution in [0.3, 0.4) is 0 Å². The van der Waals surface area contributed by atoms with Gasteiger partial charge in [0.15, 0.2) is 6.17 Å². The zero-order chi connectivity index (χ0) is 25.7. The van der Waals surface area contributed by atoms with Gasteiger partial charge in [-0.15, -0.1) is 11.3 Å². The van der Waals surface area contributed by atoms with Crippen molar-refractivity contribution in [2.24, 2.45) is 5.92 Å². The number of carbonyl (C=O) groups is 3. The molecule has 194 valence electrons. The van der Waals surface area contributed by atoms with E-state index < -0.39 is 40.2 Å². The summed E-state index contributed by atoms with van der Waals surface area (Å²) in [6.45, 7) is -0.156. The molecule has 10 nitrogen and oxygen atoms in total. The van der Waals surface area contributed by atoms with E-state index in [0.717, 1.165) is 52.6 Å². The van der Waals surface area contributed by atoms with E-state index in [1.165, 1.54) is 6.07 Å². The minimum absolute atomic E-state index is 0.0349. The van der Waals surface area contributed by atoms with Crippen LogP contribution in [-0.2, 0) is 19.6 Å². The quantitative estimate of drug-likeness (QED) is 0.531. The molecule has 2 aromatic rings. The molecule has 0 radical (unpaired) electrons. The number of thiophene rings is 1. The van der Waals surface area contributed by atoms with E-state index in [1.54, 1.807) is 41.8 Å². The van der Waals surface area contributed by atoms with Crippen molar-refractivity contribution >= 4 is 39.3 Å². The summed E-state index contributed by atoms with van der Waals surface area (Å²) < 4.78 is 33.2. The van der Waals surface area contributed by atoms with Crippen LogP contribution in [0.1, 0.15) is 38.5 Å². The smallest absolute Gasteiger partial charge is 0.417 e. The number of carboxylic acid groups (broad SMARTS) is 1. The summed E-state index contributed by atoms with van der Waals surface area (Å²) in [5.41, 5.74) is 0. The zero-order valence-corrected chi connectivity index (χ0v) is 21.2. The van der Waals surface area contributed by atoms with Crippen LogP contribution in [0.4, 0.5) is 4.79 Å². The van der Waals surface area contributed by atoms with Gasteiger partial charge in [0.05, 0.1) is 6.42 Å². The molecule has 2 N–H and O–H groups in total. The number of hydrogen-bond donors (Lipinski definition) is 2. The highest BCUT2D eigenvalue weighted by Gasteiger charge is 2.48. The minimum atomic E-state index is -4.09. The number of carboxylic acids is 1. The number of benzene rings is 1. The van der Waals surface area contributed by atoms with E-state index in [2.05, 4.69) is 5.32 Å². The number of sulfonamides is 1. The highest BCUT2D eigenvalue weighted by Crippen LogP contribution is 2.30. The van der Waals surface area contributed by atoms with Gasteiger partial charge in [0, 0.05) is 19.1 Å². The van der Waals surface area contributed by atoms with E-state index in [-0.39, 0.29) is 35.4 Å². The van der Waals surface area contributed by atoms with Crippen molar-refractivity contribution < 1.29 is 32.6 Å². The maximum absolute atomic E-state index is 13.6. The standard InChI is InChI=1S/C24H29N3O7S2/c28-20(29)16-19(17-8-3-1-4-9-17)25-22(30)23-26(24(31)34-18-10-5-2-6-11-18)13-14-27(23)36(32,33)21-12-7-15-35-21/h2,5-7,10-12,15,17,19,23H,1,3-4,8-9,13-14,16H2,(H,25,30)(H,28,29). The first-order valence-corrected chi connectivity index (χ1v) is 14.2. The molecule has 1 aliphatic carbocycles. The Hall–Kier alpha value is -2.96. The van der Waals surface area contributed by atoms with Crippen molar-refractivity contribution in [1.29, 1.82) is 0 Å². The lowest BCUT2D eigenvalue weighted by molar-refractivity contribution is -0.138. The Balaban J connectivity index is 1.62. The SMILES string of the molecule is O=C(O)CC(NC(=O)C1N(C(=O)Oc2ccccc2)CCN1S(=O)(=O)c1cccs1)C1CCCCC1. The summed E-state index contributed by atoms with van der Waals surface area (Å²) in [5.74, 6) is -1.57. The first-order valence-electron chi connectivity index (χ1n) is 11.9. The van der Waals surface area contributed by atoms with E-state index in [9.17, 15) is 27.9 Å². The fourth-order valence-electron chi connectivity index (χ4n) is 4.81. The van der Waals surface area contributed by atoms with Crippen LogP contribution >= 0.6 is 11.3 Å². The molecule has 2 atom stereocenters. The van der Waals surface area contributed by atoms with Crippen LogP contribution in [0.5, 0.6) is 5.75 Å². The number of para-hydroxylation sites is 1. The predicted molar refractivity (Wildman–Crippen MR) is 132 cm³/mol. The second kappa shape index (κ2) is 11.4. The van der Waals surface area contributed by atoms with Crippen molar-refractivity contribution in [2.45, 2.75) is 54.9 Å². The molecular formula is C24H29N3O7S2. The Morgan fingerprint density at radius 1 is 1.06 bits per heavy atom. The molecular weight excluding hydrogens is 506 g/mol. The van der Waals surface area contributed by atoms with Gasteiger partial charge < -0.3 is 15.2 Å². The number of nitrogens with one attached hydrogen (secondary N) is 1. The fourth-order valence-corrected chi connectivity index (χ4v) is 7.48. The van der Waals surface area contributed by atoms with Gasteiger partial charge in [0.2, 0.25) is 0 Å². The second-order valence-corrected chi connectivity index (χ2v) is 12.0. The monoisotopic (exact) mass is 535 g/mol. The number of aliphatic carboxylic acids is 1. The maximum Gasteiger partial charge on any atom is 0.417 e. The van der Waals surface area contributed by atoms with Crippen LogP contribution in [0, 0.1) is 5.92 Å². The largest absolute Gasteiger partial charge is 0.481 e. The molecule has 2 amide bonds. The number of carbonyl (C=O) groups excluding carboxylic acids is 2. The van der Waals surface area contributed by atoms with Crippen LogP contribution in [0.15, 0.2) is 52.1 Å². The van der Waals surface area contributed by atoms with Gasteiger partial charge in [0.25, 0.3) is 15.9 Å². The third-order valence-corrected chi connectivity index (χ3v) is 9.77. The molecule has 36 heavy (non-hydrogen) atoms. The summed E-state index contributed by atoms with van der Waals surface area (Å²) in [6, 6.07) is 10.6. The maximum atomic E-state index is 13.6. The second-order valence-electron chi connectivity index (χ2n) is 8.91. The molecule has 2 heterocycles. The summed E-state index contributed by atoms with van der Waals surface area (Å²) in [4.78, 5) is 39.3. The van der Waals surface area contributed by atoms with Gasteiger partial charge in [0.1, 0.15) is 9.96 Å². The normalized spacial score (nSPS) is 20.1. The van der Waals surface area contributed by atoms with Crippen LogP contribution in [0.2, 0.25) is 0 Å². The summed E-state index contributed by atoms with van der Waals surface area (Å²) >= 11 is 1.01. The van der Waals surface area contributed by atoms with Crippen molar-refractivity contribution in [2.75, 3.05) is 13.1 Å². The number of nitrogens with zero attached hydrogens (tertiary/aromatic N) is 2. The predicted octanol–water partition coefficient (Wildman–Crippen LogP) is 3.12. The highest BCUT2D eigenvalue weighted by atomic mass is 32.2. The van der Waals surface area contributed by atoms with Crippen molar-refractivity contribution in [3.05, 3.63) is 47.8 Å². The Morgan fingerprint density at radius 3 is 2.42 bits per heavy atom. The van der Waals surface area contributed by atoms with Crippen molar-refractivity contribution in [1.82, 2.24) is 14.5 Å². The number of amides is 2. The third kappa shape index (κ3) is 5.88. The Morgan fingerprint density at radius 2 is 1.78 bits per heavy atom. The van der Waals surface area contributed by atoms with Crippen LogP contribution in [-0.4, -0.2) is 66.0 Å². The molecule has 1 aliphatic heterocycles. The molecule has 1 aromatic carbocycles. The topological polar surface area (TPSA) is 133 Å². The molecule has 2 aliphatic rings. The molecule has 0 spiro atoms. The average Bonchev–Trinajstić information content (AvgIpc) is 3.56. The van der Waals surface area contributed by atoms with E-state index >= 15 is 0 Å². The van der Waals surface area contributed by atoms with Crippen molar-refractivity contribution in [3.63, 3.8) is 0 Å². The summed E-state index contributed by atoms with van der Waals surface area (Å²) in [5, 5.41) is 13.9. The molecule has 12 heteroatoms. The summed E-state index contributed by atoms with van der Waals surface area (Å²) in [6.07, 6.45) is 1.84. The number of ether oxygens (including phenoxy) is 1. The lowest BCUT2D eigenvalue weighted by Gasteiger charge is -2.33. The van der Waals surface area contributed by atoms with Gasteiger partial charge in [-0.1, -0.05) is 43.5 Å². The molecule has 4 rings (SSSR count). The van der Waals surface area contributed by atoms with Crippen molar-refractivity contribution in [3.8, 4) is 5.75 Å². The lowest BCUT2D eigenvalue weighted by Crippen LogP contribution is -2.57. The van der Waals surface area contributed by atoms with Gasteiger partial charge in [-0.2, -0.15) is 4.31 Å². The molecule has 0 bridgehead atoms. The molecule has 1 saturated heterocycles. The Labute approximate surface area is 213 Å². The van der Waals surface area contributed by atoms with E-state index in [1.807, 2.05) is 0 Å². The third-order valence-electron chi connectivity index (χ3n) is 6.55. The lowest BCUT2D eigenvalue weighted by atomic mass is 9.82. The van der Waals surface area contributed by atoms with Gasteiger partial charge in [-0.3, -0.25) is 14.5 Å². The zero-order valence-electron chi connectivity index (χ0n) is 19.6. The average molecular weight is 536 g/mol. The first-order chi connectivity index (χ1) is 17.3. The van der Waals surface area contributed by atoms with Crippen LogP contribution < -0.4 is 10.1 Å². The number of rotatable bonds is 8. The summed E-state index contributed by atoms with van der Waals surface area (Å²) in [7, 11) is -4.09. The first kappa shape index (κ1) is 26.1.